The molecule has 0 bridgehead atoms. The Kier molecular flexibility index (Phi) is 3.92. The molecule has 0 atom stereocenters. The summed E-state index contributed by atoms with van der Waals surface area (Å²) in [5.74, 6) is 1.43. The number of H-pyrrole nitrogens is 1. The number of aromatic amines is 1. The Labute approximate surface area is 126 Å². The van der Waals surface area contributed by atoms with Crippen molar-refractivity contribution >= 4 is 28.9 Å². The lowest BCUT2D eigenvalue weighted by Crippen LogP contribution is -2.03. The zero-order valence-corrected chi connectivity index (χ0v) is 12.6. The molecule has 108 valence electrons. The van der Waals surface area contributed by atoms with Crippen LogP contribution >= 0.6 is 11.8 Å². The molecule has 0 saturated heterocycles. The summed E-state index contributed by atoms with van der Waals surface area (Å²) in [6.07, 6.45) is 1.63. The van der Waals surface area contributed by atoms with Gasteiger partial charge in [-0.15, -0.1) is 0 Å². The van der Waals surface area contributed by atoms with Crippen LogP contribution in [0.25, 0.3) is 11.2 Å². The third-order valence-electron chi connectivity index (χ3n) is 2.86. The Balaban J connectivity index is 1.95. The monoisotopic (exact) mass is 301 g/mol. The van der Waals surface area contributed by atoms with Gasteiger partial charge >= 0.3 is 0 Å². The van der Waals surface area contributed by atoms with E-state index in [1.807, 2.05) is 31.2 Å². The third-order valence-corrected chi connectivity index (χ3v) is 3.86. The van der Waals surface area contributed by atoms with E-state index in [-0.39, 0.29) is 0 Å². The van der Waals surface area contributed by atoms with E-state index in [4.69, 9.17) is 4.74 Å². The molecular weight excluding hydrogens is 286 g/mol. The van der Waals surface area contributed by atoms with E-state index in [0.29, 0.717) is 11.6 Å². The van der Waals surface area contributed by atoms with Crippen LogP contribution in [-0.2, 0) is 0 Å². The van der Waals surface area contributed by atoms with Gasteiger partial charge in [0.15, 0.2) is 5.65 Å². The van der Waals surface area contributed by atoms with Gasteiger partial charge in [0.1, 0.15) is 16.3 Å². The molecule has 3 rings (SSSR count). The number of nitrogens with zero attached hydrogens (tertiary/aromatic N) is 3. The van der Waals surface area contributed by atoms with Crippen LogP contribution in [0.4, 0.5) is 5.95 Å². The van der Waals surface area contributed by atoms with Crippen LogP contribution in [0.15, 0.2) is 40.5 Å². The molecule has 6 nitrogen and oxygen atoms in total. The second-order valence-electron chi connectivity index (χ2n) is 4.26. The van der Waals surface area contributed by atoms with Crippen LogP contribution in [0.1, 0.15) is 6.92 Å². The molecule has 7 heteroatoms. The number of rotatable bonds is 5. The molecule has 2 heterocycles. The van der Waals surface area contributed by atoms with Gasteiger partial charge in [-0.1, -0.05) is 11.8 Å². The summed E-state index contributed by atoms with van der Waals surface area (Å²) in [6.45, 7) is 2.77. The zero-order valence-electron chi connectivity index (χ0n) is 11.8. The van der Waals surface area contributed by atoms with Crippen LogP contribution in [0.2, 0.25) is 0 Å². The van der Waals surface area contributed by atoms with E-state index < -0.39 is 0 Å². The van der Waals surface area contributed by atoms with Gasteiger partial charge in [0, 0.05) is 11.4 Å². The number of hydrogen-bond acceptors (Lipinski definition) is 6. The van der Waals surface area contributed by atoms with Gasteiger partial charge in [-0.25, -0.2) is 9.97 Å². The van der Waals surface area contributed by atoms with Crippen molar-refractivity contribution in [2.75, 3.05) is 19.0 Å². The van der Waals surface area contributed by atoms with Gasteiger partial charge in [0.25, 0.3) is 0 Å². The minimum Gasteiger partial charge on any atom is -0.497 e. The van der Waals surface area contributed by atoms with Gasteiger partial charge in [-0.2, -0.15) is 4.98 Å². The van der Waals surface area contributed by atoms with Crippen LogP contribution in [0, 0.1) is 0 Å². The van der Waals surface area contributed by atoms with Crippen molar-refractivity contribution in [1.29, 1.82) is 0 Å². The molecule has 0 fully saturated rings. The summed E-state index contributed by atoms with van der Waals surface area (Å²) in [5, 5.41) is 3.97. The van der Waals surface area contributed by atoms with Crippen LogP contribution in [0.5, 0.6) is 5.75 Å². The summed E-state index contributed by atoms with van der Waals surface area (Å²) in [7, 11) is 1.66. The first kappa shape index (κ1) is 13.7. The van der Waals surface area contributed by atoms with Crippen molar-refractivity contribution in [2.45, 2.75) is 16.8 Å². The predicted octanol–water partition coefficient (Wildman–Crippen LogP) is 2.94. The van der Waals surface area contributed by atoms with E-state index in [9.17, 15) is 0 Å². The predicted molar refractivity (Wildman–Crippen MR) is 83.0 cm³/mol. The second kappa shape index (κ2) is 6.01. The van der Waals surface area contributed by atoms with Crippen molar-refractivity contribution in [2.24, 2.45) is 0 Å². The molecule has 21 heavy (non-hydrogen) atoms. The lowest BCUT2D eigenvalue weighted by molar-refractivity contribution is 0.414. The maximum atomic E-state index is 5.17. The average Bonchev–Trinajstić information content (AvgIpc) is 2.97. The highest BCUT2D eigenvalue weighted by Gasteiger charge is 2.11. The Morgan fingerprint density at radius 2 is 2.05 bits per heavy atom. The normalized spacial score (nSPS) is 10.8. The fourth-order valence-corrected chi connectivity index (χ4v) is 2.75. The number of anilines is 1. The summed E-state index contributed by atoms with van der Waals surface area (Å²) in [4.78, 5) is 17.3. The molecule has 2 aromatic heterocycles. The first-order chi connectivity index (χ1) is 10.3. The van der Waals surface area contributed by atoms with Gasteiger partial charge in [0.2, 0.25) is 5.95 Å². The molecule has 0 spiro atoms. The van der Waals surface area contributed by atoms with Gasteiger partial charge in [-0.05, 0) is 31.2 Å². The van der Waals surface area contributed by atoms with Crippen molar-refractivity contribution in [3.8, 4) is 5.75 Å². The molecule has 3 aromatic rings. The maximum absolute atomic E-state index is 5.17. The number of aromatic nitrogens is 4. The van der Waals surface area contributed by atoms with Gasteiger partial charge in [0.05, 0.1) is 13.4 Å². The Hall–Kier alpha value is -2.28. The van der Waals surface area contributed by atoms with Crippen molar-refractivity contribution in [3.05, 3.63) is 30.6 Å². The van der Waals surface area contributed by atoms with Crippen molar-refractivity contribution in [3.63, 3.8) is 0 Å². The Morgan fingerprint density at radius 1 is 1.24 bits per heavy atom. The molecule has 2 N–H and O–H groups in total. The van der Waals surface area contributed by atoms with E-state index in [0.717, 1.165) is 27.7 Å². The number of fused-ring (bicyclic) bond motifs is 1. The lowest BCUT2D eigenvalue weighted by atomic mass is 10.3. The number of methoxy groups -OCH3 is 1. The molecular formula is C14H15N5OS. The van der Waals surface area contributed by atoms with Crippen molar-refractivity contribution < 1.29 is 4.74 Å². The maximum Gasteiger partial charge on any atom is 0.225 e. The fourth-order valence-electron chi connectivity index (χ4n) is 1.87. The first-order valence-electron chi connectivity index (χ1n) is 6.57. The van der Waals surface area contributed by atoms with Gasteiger partial charge in [-0.3, -0.25) is 0 Å². The summed E-state index contributed by atoms with van der Waals surface area (Å²) < 4.78 is 5.17. The Morgan fingerprint density at radius 3 is 2.76 bits per heavy atom. The standard InChI is InChI=1S/C14H15N5OS/c1-3-15-14-18-12-11(16-8-17-12)13(19-14)21-10-6-4-9(20-2)5-7-10/h4-8H,3H2,1-2H3,(H2,15,16,17,18,19). The van der Waals surface area contributed by atoms with E-state index in [2.05, 4.69) is 25.3 Å². The highest BCUT2D eigenvalue weighted by atomic mass is 32.2. The number of nitrogens with one attached hydrogen (secondary N) is 2. The highest BCUT2D eigenvalue weighted by Crippen LogP contribution is 2.31. The minimum absolute atomic E-state index is 0.591. The molecule has 0 aliphatic carbocycles. The quantitative estimate of drug-likeness (QED) is 0.706. The molecule has 0 radical (unpaired) electrons. The van der Waals surface area contributed by atoms with E-state index >= 15 is 0 Å². The molecule has 0 aliphatic heterocycles. The second-order valence-corrected chi connectivity index (χ2v) is 5.32. The van der Waals surface area contributed by atoms with E-state index in [1.165, 1.54) is 0 Å². The fraction of sp³-hybridized carbons (Fsp3) is 0.214. The van der Waals surface area contributed by atoms with Crippen LogP contribution in [0.3, 0.4) is 0 Å². The molecule has 0 saturated carbocycles. The summed E-state index contributed by atoms with van der Waals surface area (Å²) in [6, 6.07) is 7.86. The molecule has 1 aromatic carbocycles. The van der Waals surface area contributed by atoms with Crippen molar-refractivity contribution in [1.82, 2.24) is 19.9 Å². The molecule has 0 amide bonds. The van der Waals surface area contributed by atoms with Crippen LogP contribution < -0.4 is 10.1 Å². The summed E-state index contributed by atoms with van der Waals surface area (Å²) >= 11 is 1.56. The smallest absolute Gasteiger partial charge is 0.225 e. The summed E-state index contributed by atoms with van der Waals surface area (Å²) in [5.41, 5.74) is 1.51. The lowest BCUT2D eigenvalue weighted by Gasteiger charge is -2.06. The average molecular weight is 301 g/mol. The zero-order chi connectivity index (χ0) is 14.7. The number of imidazole rings is 1. The topological polar surface area (TPSA) is 75.7 Å². The number of benzene rings is 1. The highest BCUT2D eigenvalue weighted by molar-refractivity contribution is 7.99. The van der Waals surface area contributed by atoms with E-state index in [1.54, 1.807) is 25.2 Å². The molecule has 0 unspecified atom stereocenters. The first-order valence-corrected chi connectivity index (χ1v) is 7.38. The third kappa shape index (κ3) is 2.92. The minimum atomic E-state index is 0.591. The SMILES string of the molecule is CCNc1nc(Sc2ccc(OC)cc2)c2[nH]cnc2n1. The molecule has 0 aliphatic rings. The number of hydrogen-bond donors (Lipinski definition) is 2. The van der Waals surface area contributed by atoms with Crippen LogP contribution in [-0.4, -0.2) is 33.6 Å². The Bertz CT molecular complexity index is 741. The number of ether oxygens (including phenoxy) is 1. The largest absolute Gasteiger partial charge is 0.497 e. The van der Waals surface area contributed by atoms with Gasteiger partial charge < -0.3 is 15.0 Å².